The molecule has 3 rings (SSSR count). The number of carbonyl (C=O) groups excluding carboxylic acids is 1. The topological polar surface area (TPSA) is 131 Å². The Balaban J connectivity index is 1.78. The van der Waals surface area contributed by atoms with Crippen LogP contribution in [0.25, 0.3) is 11.3 Å². The molecular weight excluding hydrogens is 316 g/mol. The van der Waals surface area contributed by atoms with E-state index >= 15 is 0 Å². The Labute approximate surface area is 134 Å². The molecule has 0 spiro atoms. The van der Waals surface area contributed by atoms with Gasteiger partial charge in [0.1, 0.15) is 5.75 Å². The maximum absolute atomic E-state index is 12.1. The van der Waals surface area contributed by atoms with Crippen molar-refractivity contribution in [2.45, 2.75) is 0 Å². The standard InChI is InChI=1S/C15H10N4O5/c20-12-6-10(19(22)23)3-4-11(12)15(21)17-14-7-13(24-18-14)9-2-1-5-16-8-9/h1-8,20H,(H,17,18,21). The molecule has 0 atom stereocenters. The number of rotatable bonds is 4. The van der Waals surface area contributed by atoms with Crippen LogP contribution >= 0.6 is 0 Å². The van der Waals surface area contributed by atoms with Gasteiger partial charge in [-0.05, 0) is 18.2 Å². The van der Waals surface area contributed by atoms with Gasteiger partial charge in [0.2, 0.25) is 0 Å². The Hall–Kier alpha value is -3.75. The highest BCUT2D eigenvalue weighted by atomic mass is 16.6. The zero-order valence-corrected chi connectivity index (χ0v) is 12.0. The number of nitro benzene ring substituents is 1. The summed E-state index contributed by atoms with van der Waals surface area (Å²) in [4.78, 5) is 26.0. The molecule has 9 nitrogen and oxygen atoms in total. The molecule has 0 bridgehead atoms. The van der Waals surface area contributed by atoms with Crippen LogP contribution in [0.5, 0.6) is 5.75 Å². The average molecular weight is 326 g/mol. The second kappa shape index (κ2) is 6.16. The molecule has 0 saturated heterocycles. The number of phenols is 1. The van der Waals surface area contributed by atoms with Crippen molar-refractivity contribution in [2.75, 3.05) is 5.32 Å². The first-order chi connectivity index (χ1) is 11.5. The third-order valence-corrected chi connectivity index (χ3v) is 3.13. The number of nitrogens with zero attached hydrogens (tertiary/aromatic N) is 3. The molecule has 0 aliphatic heterocycles. The van der Waals surface area contributed by atoms with Crippen molar-refractivity contribution in [1.29, 1.82) is 0 Å². The molecule has 24 heavy (non-hydrogen) atoms. The summed E-state index contributed by atoms with van der Waals surface area (Å²) in [7, 11) is 0. The molecule has 9 heteroatoms. The fourth-order valence-electron chi connectivity index (χ4n) is 1.99. The van der Waals surface area contributed by atoms with Crippen molar-refractivity contribution < 1.29 is 19.3 Å². The summed E-state index contributed by atoms with van der Waals surface area (Å²) in [6, 6.07) is 8.17. The van der Waals surface area contributed by atoms with Crippen LogP contribution in [0.4, 0.5) is 11.5 Å². The lowest BCUT2D eigenvalue weighted by atomic mass is 10.1. The Kier molecular flexibility index (Phi) is 3.89. The van der Waals surface area contributed by atoms with E-state index in [9.17, 15) is 20.0 Å². The molecule has 2 heterocycles. The Morgan fingerprint density at radius 3 is 2.79 bits per heavy atom. The van der Waals surface area contributed by atoms with E-state index in [1.54, 1.807) is 24.5 Å². The zero-order chi connectivity index (χ0) is 17.1. The van der Waals surface area contributed by atoms with E-state index in [2.05, 4.69) is 15.5 Å². The van der Waals surface area contributed by atoms with E-state index in [0.29, 0.717) is 11.3 Å². The van der Waals surface area contributed by atoms with Crippen LogP contribution in [0.3, 0.4) is 0 Å². The van der Waals surface area contributed by atoms with E-state index in [1.807, 2.05) is 0 Å². The van der Waals surface area contributed by atoms with E-state index < -0.39 is 16.6 Å². The quantitative estimate of drug-likeness (QED) is 0.556. The normalized spacial score (nSPS) is 10.3. The minimum Gasteiger partial charge on any atom is -0.507 e. The molecule has 0 aliphatic rings. The molecule has 3 aromatic rings. The molecule has 2 N–H and O–H groups in total. The highest BCUT2D eigenvalue weighted by Crippen LogP contribution is 2.25. The van der Waals surface area contributed by atoms with Gasteiger partial charge in [-0.3, -0.25) is 19.9 Å². The van der Waals surface area contributed by atoms with Gasteiger partial charge in [0.25, 0.3) is 11.6 Å². The van der Waals surface area contributed by atoms with Crippen LogP contribution in [0.2, 0.25) is 0 Å². The first-order valence-electron chi connectivity index (χ1n) is 6.70. The predicted molar refractivity (Wildman–Crippen MR) is 82.4 cm³/mol. The van der Waals surface area contributed by atoms with Gasteiger partial charge in [0.15, 0.2) is 11.6 Å². The summed E-state index contributed by atoms with van der Waals surface area (Å²) in [6.07, 6.45) is 3.19. The van der Waals surface area contributed by atoms with Crippen molar-refractivity contribution in [1.82, 2.24) is 10.1 Å². The number of anilines is 1. The number of aromatic hydroxyl groups is 1. The molecule has 0 radical (unpaired) electrons. The van der Waals surface area contributed by atoms with Crippen molar-refractivity contribution in [3.63, 3.8) is 0 Å². The molecule has 1 aromatic carbocycles. The summed E-state index contributed by atoms with van der Waals surface area (Å²) in [5.74, 6) is -0.631. The van der Waals surface area contributed by atoms with Crippen molar-refractivity contribution in [3.05, 3.63) is 64.5 Å². The van der Waals surface area contributed by atoms with Gasteiger partial charge in [0.05, 0.1) is 16.6 Å². The number of aromatic nitrogens is 2. The number of nitro groups is 1. The average Bonchev–Trinajstić information content (AvgIpc) is 3.03. The lowest BCUT2D eigenvalue weighted by molar-refractivity contribution is -0.384. The molecule has 2 aromatic heterocycles. The predicted octanol–water partition coefficient (Wildman–Crippen LogP) is 2.60. The highest BCUT2D eigenvalue weighted by molar-refractivity contribution is 6.06. The molecular formula is C15H10N4O5. The summed E-state index contributed by atoms with van der Waals surface area (Å²) in [5.41, 5.74) is 0.250. The number of carbonyl (C=O) groups is 1. The van der Waals surface area contributed by atoms with Gasteiger partial charge in [0, 0.05) is 30.1 Å². The van der Waals surface area contributed by atoms with E-state index in [1.165, 1.54) is 6.07 Å². The van der Waals surface area contributed by atoms with Crippen LogP contribution in [0.15, 0.2) is 53.3 Å². The van der Waals surface area contributed by atoms with Crippen LogP contribution in [0, 0.1) is 10.1 Å². The van der Waals surface area contributed by atoms with Gasteiger partial charge in [-0.2, -0.15) is 0 Å². The number of hydrogen-bond acceptors (Lipinski definition) is 7. The van der Waals surface area contributed by atoms with Gasteiger partial charge >= 0.3 is 0 Å². The molecule has 0 saturated carbocycles. The highest BCUT2D eigenvalue weighted by Gasteiger charge is 2.17. The minimum atomic E-state index is -0.673. The summed E-state index contributed by atoms with van der Waals surface area (Å²) in [5, 5.41) is 26.5. The number of non-ortho nitro benzene ring substituents is 1. The molecule has 0 fully saturated rings. The van der Waals surface area contributed by atoms with Crippen molar-refractivity contribution in [3.8, 4) is 17.1 Å². The lowest BCUT2D eigenvalue weighted by Gasteiger charge is -2.03. The van der Waals surface area contributed by atoms with Crippen LogP contribution in [0.1, 0.15) is 10.4 Å². The van der Waals surface area contributed by atoms with Crippen LogP contribution in [-0.4, -0.2) is 26.1 Å². The number of nitrogens with one attached hydrogen (secondary N) is 1. The lowest BCUT2D eigenvalue weighted by Crippen LogP contribution is -2.12. The van der Waals surface area contributed by atoms with E-state index in [0.717, 1.165) is 18.2 Å². The Morgan fingerprint density at radius 2 is 2.12 bits per heavy atom. The summed E-state index contributed by atoms with van der Waals surface area (Å²) < 4.78 is 5.11. The summed E-state index contributed by atoms with van der Waals surface area (Å²) >= 11 is 0. The fourth-order valence-corrected chi connectivity index (χ4v) is 1.99. The molecule has 0 unspecified atom stereocenters. The van der Waals surface area contributed by atoms with Gasteiger partial charge in [-0.1, -0.05) is 5.16 Å². The number of phenolic OH excluding ortho intramolecular Hbond substituents is 1. The first kappa shape index (κ1) is 15.2. The number of pyridine rings is 1. The van der Waals surface area contributed by atoms with Gasteiger partial charge in [-0.15, -0.1) is 0 Å². The summed E-state index contributed by atoms with van der Waals surface area (Å²) in [6.45, 7) is 0. The van der Waals surface area contributed by atoms with E-state index in [4.69, 9.17) is 4.52 Å². The minimum absolute atomic E-state index is 0.119. The second-order valence-corrected chi connectivity index (χ2v) is 4.73. The number of benzene rings is 1. The maximum Gasteiger partial charge on any atom is 0.273 e. The maximum atomic E-state index is 12.1. The monoisotopic (exact) mass is 326 g/mol. The number of hydrogen-bond donors (Lipinski definition) is 2. The first-order valence-corrected chi connectivity index (χ1v) is 6.70. The smallest absolute Gasteiger partial charge is 0.273 e. The van der Waals surface area contributed by atoms with E-state index in [-0.39, 0.29) is 17.1 Å². The molecule has 1 amide bonds. The van der Waals surface area contributed by atoms with Gasteiger partial charge < -0.3 is 14.9 Å². The van der Waals surface area contributed by atoms with Gasteiger partial charge in [-0.25, -0.2) is 0 Å². The van der Waals surface area contributed by atoms with Crippen LogP contribution in [-0.2, 0) is 0 Å². The SMILES string of the molecule is O=C(Nc1cc(-c2cccnc2)on1)c1ccc([N+](=O)[O-])cc1O. The second-order valence-electron chi connectivity index (χ2n) is 4.73. The zero-order valence-electron chi connectivity index (χ0n) is 12.0. The Bertz CT molecular complexity index is 907. The third kappa shape index (κ3) is 3.04. The largest absolute Gasteiger partial charge is 0.507 e. The fraction of sp³-hybridized carbons (Fsp3) is 0. The van der Waals surface area contributed by atoms with Crippen molar-refractivity contribution in [2.24, 2.45) is 0 Å². The third-order valence-electron chi connectivity index (χ3n) is 3.13. The van der Waals surface area contributed by atoms with Crippen LogP contribution < -0.4 is 5.32 Å². The number of amides is 1. The molecule has 120 valence electrons. The van der Waals surface area contributed by atoms with Crippen molar-refractivity contribution >= 4 is 17.4 Å². The molecule has 0 aliphatic carbocycles. The Morgan fingerprint density at radius 1 is 1.29 bits per heavy atom.